The van der Waals surface area contributed by atoms with Gasteiger partial charge in [-0.25, -0.2) is 18.2 Å². The summed E-state index contributed by atoms with van der Waals surface area (Å²) in [6.45, 7) is 1.51. The van der Waals surface area contributed by atoms with Gasteiger partial charge in [0, 0.05) is 4.47 Å². The molecule has 2 aromatic rings. The molecule has 1 saturated carbocycles. The topological polar surface area (TPSA) is 76.6 Å². The largest absolute Gasteiger partial charge is 0.442 e. The summed E-state index contributed by atoms with van der Waals surface area (Å²) in [4.78, 5) is 16.7. The molecule has 0 radical (unpaired) electrons. The fourth-order valence-electron chi connectivity index (χ4n) is 2.79. The molecule has 0 unspecified atom stereocenters. The predicted octanol–water partition coefficient (Wildman–Crippen LogP) is 5.42. The number of benzene rings is 1. The van der Waals surface area contributed by atoms with E-state index in [2.05, 4.69) is 20.9 Å². The summed E-state index contributed by atoms with van der Waals surface area (Å²) < 4.78 is 33.3. The van der Waals surface area contributed by atoms with Gasteiger partial charge < -0.3 is 4.74 Å². The monoisotopic (exact) mass is 506 g/mol. The molecule has 0 atom stereocenters. The first-order valence-corrected chi connectivity index (χ1v) is 11.4. The normalized spacial score (nSPS) is 15.6. The van der Waals surface area contributed by atoms with Gasteiger partial charge in [0.15, 0.2) is 0 Å². The Labute approximate surface area is 182 Å². The molecule has 1 aliphatic carbocycles. The maximum atomic E-state index is 13.2. The summed E-state index contributed by atoms with van der Waals surface area (Å²) >= 11 is 15.1. The van der Waals surface area contributed by atoms with E-state index in [-0.39, 0.29) is 21.7 Å². The number of nitrogens with zero attached hydrogens (tertiary/aromatic N) is 2. The third-order valence-corrected chi connectivity index (χ3v) is 7.14. The fourth-order valence-corrected chi connectivity index (χ4v) is 4.85. The highest BCUT2D eigenvalue weighted by Gasteiger charge is 2.40. The molecule has 0 bridgehead atoms. The third kappa shape index (κ3) is 4.79. The van der Waals surface area contributed by atoms with Crippen LogP contribution in [-0.4, -0.2) is 29.4 Å². The van der Waals surface area contributed by atoms with Crippen LogP contribution in [0.15, 0.2) is 45.8 Å². The number of amides is 1. The highest BCUT2D eigenvalue weighted by molar-refractivity contribution is 9.10. The van der Waals surface area contributed by atoms with Gasteiger partial charge in [-0.05, 0) is 68.1 Å². The minimum atomic E-state index is -4.17. The van der Waals surface area contributed by atoms with Gasteiger partial charge in [0.1, 0.15) is 15.9 Å². The van der Waals surface area contributed by atoms with Crippen molar-refractivity contribution < 1.29 is 17.9 Å². The highest BCUT2D eigenvalue weighted by atomic mass is 79.9. The van der Waals surface area contributed by atoms with Crippen LogP contribution in [0.5, 0.6) is 0 Å². The maximum absolute atomic E-state index is 13.2. The second-order valence-corrected chi connectivity index (χ2v) is 10.3. The zero-order valence-electron chi connectivity index (χ0n) is 14.9. The summed E-state index contributed by atoms with van der Waals surface area (Å²) in [5, 5.41) is 0.200. The Morgan fingerprint density at radius 3 is 2.29 bits per heavy atom. The van der Waals surface area contributed by atoms with Crippen LogP contribution >= 0.6 is 39.1 Å². The van der Waals surface area contributed by atoms with Gasteiger partial charge in [-0.1, -0.05) is 39.1 Å². The molecule has 1 aromatic carbocycles. The molecule has 10 heteroatoms. The van der Waals surface area contributed by atoms with Gasteiger partial charge in [0.25, 0.3) is 10.0 Å². The van der Waals surface area contributed by atoms with Gasteiger partial charge >= 0.3 is 6.09 Å². The second kappa shape index (κ2) is 8.18. The molecule has 0 N–H and O–H groups in total. The number of hydrogen-bond donors (Lipinski definition) is 0. The van der Waals surface area contributed by atoms with Crippen molar-refractivity contribution in [1.29, 1.82) is 0 Å². The number of rotatable bonds is 5. The second-order valence-electron chi connectivity index (χ2n) is 6.76. The minimum absolute atomic E-state index is 0.0299. The van der Waals surface area contributed by atoms with Gasteiger partial charge in [-0.3, -0.25) is 0 Å². The van der Waals surface area contributed by atoms with Crippen LogP contribution in [0.1, 0.15) is 31.7 Å². The average Bonchev–Trinajstić information content (AvgIpc) is 2.57. The lowest BCUT2D eigenvalue weighted by Gasteiger charge is -2.38. The molecule has 0 spiro atoms. The van der Waals surface area contributed by atoms with E-state index in [1.165, 1.54) is 24.3 Å². The summed E-state index contributed by atoms with van der Waals surface area (Å²) in [7, 11) is -4.17. The molecule has 3 rings (SSSR count). The molecule has 1 aliphatic rings. The van der Waals surface area contributed by atoms with Gasteiger partial charge in [0.2, 0.25) is 0 Å². The first-order chi connectivity index (χ1) is 13.1. The van der Waals surface area contributed by atoms with Crippen molar-refractivity contribution in [1.82, 2.24) is 9.29 Å². The summed E-state index contributed by atoms with van der Waals surface area (Å²) in [6, 6.07) is 8.91. The first kappa shape index (κ1) is 21.4. The maximum Gasteiger partial charge on any atom is 0.424 e. The van der Waals surface area contributed by atoms with E-state index in [0.717, 1.165) is 10.9 Å². The van der Waals surface area contributed by atoms with Crippen LogP contribution in [-0.2, 0) is 21.3 Å². The van der Waals surface area contributed by atoms with Crippen molar-refractivity contribution in [3.63, 3.8) is 0 Å². The Balaban J connectivity index is 1.97. The molecule has 28 heavy (non-hydrogen) atoms. The molecule has 0 saturated heterocycles. The molecule has 1 amide bonds. The van der Waals surface area contributed by atoms with E-state index >= 15 is 0 Å². The van der Waals surface area contributed by atoms with E-state index < -0.39 is 21.7 Å². The number of carbonyl (C=O) groups is 1. The zero-order chi connectivity index (χ0) is 20.5. The number of hydrogen-bond acceptors (Lipinski definition) is 5. The average molecular weight is 508 g/mol. The Morgan fingerprint density at radius 1 is 1.21 bits per heavy atom. The Kier molecular flexibility index (Phi) is 6.24. The number of pyridine rings is 1. The highest BCUT2D eigenvalue weighted by Crippen LogP contribution is 2.36. The standard InChI is InChI=1S/C18H17BrCl2N2O4S/c1-18(7-2-8-18)27-17(24)23(11-12-9-15(20)22-16(21)10-12)28(25,26)14-5-3-13(19)4-6-14/h3-6,9-10H,2,7-8,11H2,1H3. The number of sulfonamides is 1. The van der Waals surface area contributed by atoms with Crippen molar-refractivity contribution >= 4 is 55.2 Å². The number of ether oxygens (including phenoxy) is 1. The van der Waals surface area contributed by atoms with Gasteiger partial charge in [-0.15, -0.1) is 0 Å². The van der Waals surface area contributed by atoms with Crippen molar-refractivity contribution in [3.8, 4) is 0 Å². The lowest BCUT2D eigenvalue weighted by molar-refractivity contribution is -0.0405. The van der Waals surface area contributed by atoms with E-state index in [4.69, 9.17) is 27.9 Å². The van der Waals surface area contributed by atoms with Crippen LogP contribution in [0.2, 0.25) is 10.3 Å². The fraction of sp³-hybridized carbons (Fsp3) is 0.333. The molecule has 0 aliphatic heterocycles. The number of carbonyl (C=O) groups excluding carboxylic acids is 1. The quantitative estimate of drug-likeness (QED) is 0.505. The molecule has 1 aromatic heterocycles. The molecule has 6 nitrogen and oxygen atoms in total. The van der Waals surface area contributed by atoms with Crippen molar-refractivity contribution in [2.75, 3.05) is 0 Å². The first-order valence-electron chi connectivity index (χ1n) is 8.42. The van der Waals surface area contributed by atoms with Crippen LogP contribution < -0.4 is 0 Å². The number of aromatic nitrogens is 1. The molecule has 150 valence electrons. The molecular weight excluding hydrogens is 491 g/mol. The third-order valence-electron chi connectivity index (χ3n) is 4.50. The van der Waals surface area contributed by atoms with Crippen molar-refractivity contribution in [3.05, 3.63) is 56.7 Å². The van der Waals surface area contributed by atoms with E-state index in [1.54, 1.807) is 19.1 Å². The van der Waals surface area contributed by atoms with Crippen LogP contribution in [0.3, 0.4) is 0 Å². The minimum Gasteiger partial charge on any atom is -0.442 e. The predicted molar refractivity (Wildman–Crippen MR) is 110 cm³/mol. The van der Waals surface area contributed by atoms with Crippen molar-refractivity contribution in [2.24, 2.45) is 0 Å². The Morgan fingerprint density at radius 2 is 1.79 bits per heavy atom. The summed E-state index contributed by atoms with van der Waals surface area (Å²) in [5.41, 5.74) is -0.237. The van der Waals surface area contributed by atoms with Crippen LogP contribution in [0, 0.1) is 0 Å². The molecule has 1 fully saturated rings. The van der Waals surface area contributed by atoms with Crippen molar-refractivity contribution in [2.45, 2.75) is 43.2 Å². The Hall–Kier alpha value is -1.35. The Bertz CT molecular complexity index is 975. The van der Waals surface area contributed by atoms with E-state index in [1.807, 2.05) is 0 Å². The lowest BCUT2D eigenvalue weighted by Crippen LogP contribution is -2.45. The van der Waals surface area contributed by atoms with Gasteiger partial charge in [0.05, 0.1) is 11.4 Å². The van der Waals surface area contributed by atoms with E-state index in [0.29, 0.717) is 22.7 Å². The lowest BCUT2D eigenvalue weighted by atomic mass is 9.82. The summed E-state index contributed by atoms with van der Waals surface area (Å²) in [5.74, 6) is 0. The smallest absolute Gasteiger partial charge is 0.424 e. The number of halogens is 3. The molecular formula is C18H17BrCl2N2O4S. The van der Waals surface area contributed by atoms with E-state index in [9.17, 15) is 13.2 Å². The van der Waals surface area contributed by atoms with Crippen LogP contribution in [0.25, 0.3) is 0 Å². The molecule has 1 heterocycles. The summed E-state index contributed by atoms with van der Waals surface area (Å²) in [6.07, 6.45) is 1.38. The zero-order valence-corrected chi connectivity index (χ0v) is 18.8. The van der Waals surface area contributed by atoms with Crippen LogP contribution in [0.4, 0.5) is 4.79 Å². The van der Waals surface area contributed by atoms with Gasteiger partial charge in [-0.2, -0.15) is 4.31 Å². The SMILES string of the molecule is CC1(OC(=O)N(Cc2cc(Cl)nc(Cl)c2)S(=O)(=O)c2ccc(Br)cc2)CCC1.